The van der Waals surface area contributed by atoms with Gasteiger partial charge in [-0.3, -0.25) is 58.3 Å². The Morgan fingerprint density at radius 1 is 0.339 bits per heavy atom. The third kappa shape index (κ3) is 21.2. The van der Waals surface area contributed by atoms with E-state index in [9.17, 15) is 38.4 Å². The summed E-state index contributed by atoms with van der Waals surface area (Å²) in [6.45, 7) is 16.0. The van der Waals surface area contributed by atoms with E-state index in [1.165, 1.54) is 19.3 Å². The topological polar surface area (TPSA) is 325 Å². The number of nitrogens with one attached hydrogen (secondary N) is 8. The zero-order chi connectivity index (χ0) is 78.1. The van der Waals surface area contributed by atoms with Gasteiger partial charge in [0.05, 0.1) is 6.61 Å². The third-order valence-corrected chi connectivity index (χ3v) is 19.2. The number of aromatic nitrogens is 8. The van der Waals surface area contributed by atoms with E-state index in [0.717, 1.165) is 139 Å². The molecule has 3 fully saturated rings. The first-order chi connectivity index (χ1) is 54.6. The molecular weight excluding hydrogens is 1420 g/mol. The summed E-state index contributed by atoms with van der Waals surface area (Å²) in [5.74, 6) is -1.05. The minimum absolute atomic E-state index is 0.0446. The molecule has 3 aliphatic heterocycles. The van der Waals surface area contributed by atoms with Gasteiger partial charge in [-0.1, -0.05) is 6.92 Å². The fourth-order valence-electron chi connectivity index (χ4n) is 12.9. The summed E-state index contributed by atoms with van der Waals surface area (Å²) in [5, 5.41) is 11.2. The van der Waals surface area contributed by atoms with Gasteiger partial charge < -0.3 is 70.4 Å². The number of benzene rings is 4. The molecular formula is C86H87N17O9. The highest BCUT2D eigenvalue weighted by Crippen LogP contribution is 2.27. The SMILES string of the molecule is CCN1CCN(c2ccc(NC(=O)c3cc(-c4ccncc4)c[nH]c3=O)cc2)CC1.CCOc1ccc(NC(=O)c2cc(-c3ccncc3)c[nH]c2=O)cc1.CN1CCN(c2ccc(NC(=O)c3cc(-c4ccncc4)c[nH]c3=O)cc2)CC1.O=C(Nc1ccc(N2CCCCC2)cc1)c1cc(-c2ccncc2)c[nH]c1=O. The monoisotopic (exact) mass is 1500 g/mol. The zero-order valence-electron chi connectivity index (χ0n) is 62.4. The molecule has 8 N–H and O–H groups in total. The smallest absolute Gasteiger partial charge is 0.261 e. The predicted molar refractivity (Wildman–Crippen MR) is 440 cm³/mol. The second kappa shape index (κ2) is 38.4. The van der Waals surface area contributed by atoms with E-state index in [1.54, 1.807) is 123 Å². The summed E-state index contributed by atoms with van der Waals surface area (Å²) >= 11 is 0. The number of pyridine rings is 8. The van der Waals surface area contributed by atoms with Crippen molar-refractivity contribution >= 4 is 63.4 Å². The van der Waals surface area contributed by atoms with Crippen molar-refractivity contribution in [3.63, 3.8) is 0 Å². The van der Waals surface area contributed by atoms with Crippen molar-refractivity contribution in [1.82, 2.24) is 49.7 Å². The number of piperidine rings is 1. The first kappa shape index (κ1) is 77.9. The summed E-state index contributed by atoms with van der Waals surface area (Å²) in [4.78, 5) is 137. The van der Waals surface area contributed by atoms with Crippen LogP contribution >= 0.6 is 0 Å². The molecule has 0 saturated carbocycles. The maximum absolute atomic E-state index is 12.7. The molecule has 12 aromatic rings. The Kier molecular flexibility index (Phi) is 26.7. The summed E-state index contributed by atoms with van der Waals surface area (Å²) in [6.07, 6.45) is 23.4. The van der Waals surface area contributed by atoms with Crippen LogP contribution in [0.4, 0.5) is 39.8 Å². The molecule has 570 valence electrons. The van der Waals surface area contributed by atoms with Crippen LogP contribution in [0.3, 0.4) is 0 Å². The number of carbonyl (C=O) groups is 4. The molecule has 0 aliphatic carbocycles. The number of likely N-dealkylation sites (N-methyl/N-ethyl adjacent to an activating group) is 2. The number of carbonyl (C=O) groups excluding carboxylic acids is 4. The first-order valence-electron chi connectivity index (χ1n) is 37.1. The third-order valence-electron chi connectivity index (χ3n) is 19.2. The van der Waals surface area contributed by atoms with Crippen LogP contribution in [0.15, 0.2) is 263 Å². The lowest BCUT2D eigenvalue weighted by Crippen LogP contribution is -2.46. The molecule has 15 rings (SSSR count). The number of rotatable bonds is 18. The molecule has 3 saturated heterocycles. The van der Waals surface area contributed by atoms with Gasteiger partial charge in [-0.05, 0) is 254 Å². The van der Waals surface area contributed by atoms with Gasteiger partial charge in [-0.15, -0.1) is 0 Å². The van der Waals surface area contributed by atoms with E-state index in [4.69, 9.17) is 4.74 Å². The van der Waals surface area contributed by atoms with E-state index >= 15 is 0 Å². The largest absolute Gasteiger partial charge is 0.494 e. The van der Waals surface area contributed by atoms with Gasteiger partial charge in [-0.25, -0.2) is 0 Å². The van der Waals surface area contributed by atoms with Gasteiger partial charge >= 0.3 is 0 Å². The highest BCUT2D eigenvalue weighted by molar-refractivity contribution is 6.07. The Hall–Kier alpha value is -13.7. The fraction of sp³-hybridized carbons (Fsp3) is 0.209. The molecule has 112 heavy (non-hydrogen) atoms. The molecule has 26 nitrogen and oxygen atoms in total. The fourth-order valence-corrected chi connectivity index (χ4v) is 12.9. The standard InChI is InChI=1S/C23H25N5O2.C22H23N5O2.C22H22N4O2.C19H17N3O3/c1-2-27-11-13-28(14-12-27)20-5-3-19(4-6-20)26-23(30)21-15-18(16-25-22(21)29)17-7-9-24-10-8-17;1-26-10-12-27(13-11-26)19-4-2-18(3-5-19)25-22(29)20-14-17(15-24-21(20)28)16-6-8-23-9-7-16;27-21-20(14-17(15-24-21)16-8-10-23-11-9-16)22(28)25-18-4-6-19(7-5-18)26-12-2-1-3-13-26;1-2-25-16-5-3-15(4-6-16)22-19(24)17-11-14(12-21-18(17)23)13-7-9-20-10-8-13/h3-10,15-16H,2,11-14H2,1H3,(H,25,29)(H,26,30);2-9,14-15H,10-13H2,1H3,(H,24,28)(H,25,29);4-11,14-15H,1-3,12-13H2,(H,24,27)(H,25,28);3-12H,2H2,1H3,(H,21,23)(H,22,24). The Labute approximate surface area is 646 Å². The van der Waals surface area contributed by atoms with Gasteiger partial charge in [0.25, 0.3) is 45.9 Å². The lowest BCUT2D eigenvalue weighted by molar-refractivity contribution is 0.101. The van der Waals surface area contributed by atoms with Crippen LogP contribution in [0, 0.1) is 0 Å². The molecule has 4 aromatic carbocycles. The summed E-state index contributed by atoms with van der Waals surface area (Å²) in [7, 11) is 2.13. The number of amides is 4. The maximum Gasteiger partial charge on any atom is 0.261 e. The van der Waals surface area contributed by atoms with Gasteiger partial charge in [0.15, 0.2) is 0 Å². The Morgan fingerprint density at radius 3 is 0.884 bits per heavy atom. The van der Waals surface area contributed by atoms with Crippen molar-refractivity contribution in [2.75, 3.05) is 122 Å². The maximum atomic E-state index is 12.7. The molecule has 3 aliphatic rings. The lowest BCUT2D eigenvalue weighted by atomic mass is 10.1. The Balaban J connectivity index is 0.000000139. The predicted octanol–water partition coefficient (Wildman–Crippen LogP) is 12.0. The van der Waals surface area contributed by atoms with Crippen LogP contribution in [0.1, 0.15) is 74.5 Å². The van der Waals surface area contributed by atoms with E-state index in [0.29, 0.717) is 29.4 Å². The van der Waals surface area contributed by atoms with E-state index in [2.05, 4.69) is 99.6 Å². The van der Waals surface area contributed by atoms with Crippen molar-refractivity contribution in [3.05, 3.63) is 308 Å². The number of ether oxygens (including phenoxy) is 1. The molecule has 8 aromatic heterocycles. The summed E-state index contributed by atoms with van der Waals surface area (Å²) in [6, 6.07) is 51.2. The number of hydrogen-bond acceptors (Lipinski definition) is 18. The quantitative estimate of drug-likeness (QED) is 0.0396. The van der Waals surface area contributed by atoms with Gasteiger partial charge in [0.2, 0.25) is 0 Å². The second-order valence-electron chi connectivity index (χ2n) is 26.6. The lowest BCUT2D eigenvalue weighted by Gasteiger charge is -2.35. The van der Waals surface area contributed by atoms with Gasteiger partial charge in [0, 0.05) is 180 Å². The van der Waals surface area contributed by atoms with Crippen LogP contribution in [-0.4, -0.2) is 159 Å². The number of nitrogens with zero attached hydrogens (tertiary/aromatic N) is 9. The van der Waals surface area contributed by atoms with Gasteiger partial charge in [0.1, 0.15) is 28.0 Å². The normalized spacial score (nSPS) is 13.4. The Bertz CT molecular complexity index is 5360. The molecule has 0 radical (unpaired) electrons. The van der Waals surface area contributed by atoms with Crippen LogP contribution < -0.4 is 62.9 Å². The van der Waals surface area contributed by atoms with Crippen LogP contribution in [0.25, 0.3) is 44.5 Å². The van der Waals surface area contributed by atoms with Crippen molar-refractivity contribution in [2.24, 2.45) is 0 Å². The number of H-pyrrole nitrogens is 4. The number of aromatic amines is 4. The summed E-state index contributed by atoms with van der Waals surface area (Å²) in [5.41, 5.74) is 11.1. The van der Waals surface area contributed by atoms with Crippen LogP contribution in [0.5, 0.6) is 5.75 Å². The summed E-state index contributed by atoms with van der Waals surface area (Å²) < 4.78 is 5.36. The van der Waals surface area contributed by atoms with E-state index < -0.39 is 45.9 Å². The highest BCUT2D eigenvalue weighted by atomic mass is 16.5. The minimum Gasteiger partial charge on any atom is -0.494 e. The zero-order valence-corrected chi connectivity index (χ0v) is 62.4. The van der Waals surface area contributed by atoms with E-state index in [1.807, 2.05) is 128 Å². The van der Waals surface area contributed by atoms with Crippen molar-refractivity contribution in [2.45, 2.75) is 33.1 Å². The van der Waals surface area contributed by atoms with Crippen molar-refractivity contribution < 1.29 is 23.9 Å². The van der Waals surface area contributed by atoms with E-state index in [-0.39, 0.29) is 22.3 Å². The van der Waals surface area contributed by atoms with Crippen molar-refractivity contribution in [1.29, 1.82) is 0 Å². The number of hydrogen-bond donors (Lipinski definition) is 8. The van der Waals surface area contributed by atoms with Crippen molar-refractivity contribution in [3.8, 4) is 50.3 Å². The van der Waals surface area contributed by atoms with Gasteiger partial charge in [-0.2, -0.15) is 0 Å². The highest BCUT2D eigenvalue weighted by Gasteiger charge is 2.21. The Morgan fingerprint density at radius 2 is 0.607 bits per heavy atom. The average Bonchev–Trinajstić information content (AvgIpc) is 0.832. The average molecular weight is 1500 g/mol. The first-order valence-corrected chi connectivity index (χ1v) is 37.1. The molecule has 0 unspecified atom stereocenters. The number of anilines is 7. The number of piperazine rings is 2. The molecule has 4 amide bonds. The molecule has 26 heteroatoms. The minimum atomic E-state index is -0.471. The van der Waals surface area contributed by atoms with Crippen LogP contribution in [-0.2, 0) is 0 Å². The molecule has 0 bridgehead atoms. The molecule has 11 heterocycles. The second-order valence-corrected chi connectivity index (χ2v) is 26.6. The van der Waals surface area contributed by atoms with Crippen LogP contribution in [0.2, 0.25) is 0 Å². The molecule has 0 spiro atoms. The molecule has 0 atom stereocenters.